The molecule has 3 aromatic rings. The fourth-order valence-corrected chi connectivity index (χ4v) is 3.54. The Hall–Kier alpha value is -2.36. The molecule has 4 nitrogen and oxygen atoms in total. The third-order valence-corrected chi connectivity index (χ3v) is 4.49. The normalized spacial score (nSPS) is 18.3. The second-order valence-corrected chi connectivity index (χ2v) is 6.10. The van der Waals surface area contributed by atoms with Crippen molar-refractivity contribution in [3.63, 3.8) is 0 Å². The average molecular weight is 292 g/mol. The van der Waals surface area contributed by atoms with Gasteiger partial charge in [-0.3, -0.25) is 9.67 Å². The van der Waals surface area contributed by atoms with Gasteiger partial charge in [-0.15, -0.1) is 0 Å². The van der Waals surface area contributed by atoms with Gasteiger partial charge in [-0.2, -0.15) is 5.10 Å². The van der Waals surface area contributed by atoms with Crippen LogP contribution in [0, 0.1) is 6.92 Å². The highest BCUT2D eigenvalue weighted by Crippen LogP contribution is 2.39. The maximum absolute atomic E-state index is 4.67. The lowest BCUT2D eigenvalue weighted by molar-refractivity contribution is 0.716. The second-order valence-electron chi connectivity index (χ2n) is 6.10. The van der Waals surface area contributed by atoms with Crippen molar-refractivity contribution >= 4 is 16.6 Å². The number of fused-ring (bicyclic) bond motifs is 1. The Labute approximate surface area is 130 Å². The molecule has 1 aliphatic rings. The van der Waals surface area contributed by atoms with E-state index in [9.17, 15) is 0 Å². The summed E-state index contributed by atoms with van der Waals surface area (Å²) in [6, 6.07) is 11.1. The zero-order valence-electron chi connectivity index (χ0n) is 13.0. The Kier molecular flexibility index (Phi) is 3.10. The van der Waals surface area contributed by atoms with Crippen LogP contribution >= 0.6 is 0 Å². The van der Waals surface area contributed by atoms with Gasteiger partial charge in [0.1, 0.15) is 0 Å². The molecule has 3 heterocycles. The molecule has 1 aliphatic heterocycles. The topological polar surface area (TPSA) is 34.0 Å². The lowest BCUT2D eigenvalue weighted by Gasteiger charge is -2.27. The van der Waals surface area contributed by atoms with Crippen LogP contribution in [0.4, 0.5) is 5.69 Å². The van der Waals surface area contributed by atoms with Gasteiger partial charge in [0.25, 0.3) is 0 Å². The Morgan fingerprint density at radius 3 is 2.91 bits per heavy atom. The van der Waals surface area contributed by atoms with Crippen LogP contribution < -0.4 is 4.90 Å². The first-order valence-corrected chi connectivity index (χ1v) is 7.84. The van der Waals surface area contributed by atoms with E-state index in [4.69, 9.17) is 0 Å². The molecular weight excluding hydrogens is 272 g/mol. The van der Waals surface area contributed by atoms with Gasteiger partial charge >= 0.3 is 0 Å². The summed E-state index contributed by atoms with van der Waals surface area (Å²) >= 11 is 0. The first-order valence-electron chi connectivity index (χ1n) is 7.84. The molecule has 1 unspecified atom stereocenters. The SMILES string of the molecule is Cc1cc(N2CCCC2c2cnn(C)c2)c2ccccc2n1. The highest BCUT2D eigenvalue weighted by atomic mass is 15.3. The number of nitrogens with zero attached hydrogens (tertiary/aromatic N) is 4. The molecule has 1 aromatic carbocycles. The first-order chi connectivity index (χ1) is 10.7. The Bertz CT molecular complexity index is 821. The molecule has 22 heavy (non-hydrogen) atoms. The molecule has 2 aromatic heterocycles. The van der Waals surface area contributed by atoms with Crippen LogP contribution in [0.1, 0.15) is 30.1 Å². The lowest BCUT2D eigenvalue weighted by Crippen LogP contribution is -2.22. The molecule has 1 saturated heterocycles. The molecule has 0 bridgehead atoms. The van der Waals surface area contributed by atoms with E-state index in [-0.39, 0.29) is 0 Å². The summed E-state index contributed by atoms with van der Waals surface area (Å²) in [6.45, 7) is 3.16. The monoisotopic (exact) mass is 292 g/mol. The van der Waals surface area contributed by atoms with E-state index in [1.54, 1.807) is 0 Å². The molecule has 0 spiro atoms. The predicted molar refractivity (Wildman–Crippen MR) is 89.0 cm³/mol. The molecule has 0 N–H and O–H groups in total. The largest absolute Gasteiger partial charge is 0.364 e. The van der Waals surface area contributed by atoms with Crippen molar-refractivity contribution < 1.29 is 0 Å². The lowest BCUT2D eigenvalue weighted by atomic mass is 10.1. The van der Waals surface area contributed by atoms with Gasteiger partial charge in [-0.05, 0) is 31.9 Å². The number of anilines is 1. The van der Waals surface area contributed by atoms with Crippen molar-refractivity contribution in [3.05, 3.63) is 54.0 Å². The average Bonchev–Trinajstić information content (AvgIpc) is 3.14. The van der Waals surface area contributed by atoms with Gasteiger partial charge in [-0.1, -0.05) is 18.2 Å². The molecular formula is C18H20N4. The van der Waals surface area contributed by atoms with Gasteiger partial charge in [0.15, 0.2) is 0 Å². The van der Waals surface area contributed by atoms with Gasteiger partial charge in [-0.25, -0.2) is 0 Å². The highest BCUT2D eigenvalue weighted by Gasteiger charge is 2.28. The van der Waals surface area contributed by atoms with Crippen molar-refractivity contribution in [2.24, 2.45) is 7.05 Å². The second kappa shape index (κ2) is 5.13. The third-order valence-electron chi connectivity index (χ3n) is 4.49. The van der Waals surface area contributed by atoms with Crippen molar-refractivity contribution in [1.82, 2.24) is 14.8 Å². The zero-order valence-corrected chi connectivity index (χ0v) is 13.0. The van der Waals surface area contributed by atoms with E-state index in [0.29, 0.717) is 6.04 Å². The number of pyridine rings is 1. The van der Waals surface area contributed by atoms with Crippen LogP contribution in [0.2, 0.25) is 0 Å². The van der Waals surface area contributed by atoms with Gasteiger partial charge in [0.2, 0.25) is 0 Å². The fraction of sp³-hybridized carbons (Fsp3) is 0.333. The minimum Gasteiger partial charge on any atom is -0.364 e. The molecule has 0 radical (unpaired) electrons. The number of hydrogen-bond acceptors (Lipinski definition) is 3. The highest BCUT2D eigenvalue weighted by molar-refractivity contribution is 5.92. The van der Waals surface area contributed by atoms with Gasteiger partial charge in [0.05, 0.1) is 17.8 Å². The quantitative estimate of drug-likeness (QED) is 0.723. The Morgan fingerprint density at radius 2 is 2.09 bits per heavy atom. The van der Waals surface area contributed by atoms with Crippen molar-refractivity contribution in [2.75, 3.05) is 11.4 Å². The molecule has 0 amide bonds. The van der Waals surface area contributed by atoms with Crippen molar-refractivity contribution in [3.8, 4) is 0 Å². The molecule has 0 aliphatic carbocycles. The number of aryl methyl sites for hydroxylation is 2. The van der Waals surface area contributed by atoms with E-state index in [1.807, 2.05) is 17.9 Å². The summed E-state index contributed by atoms with van der Waals surface area (Å²) in [4.78, 5) is 7.19. The Morgan fingerprint density at radius 1 is 1.23 bits per heavy atom. The molecule has 4 heteroatoms. The Balaban J connectivity index is 1.83. The molecule has 1 atom stereocenters. The standard InChI is InChI=1S/C18H20N4/c1-13-10-18(15-6-3-4-7-16(15)20-13)22-9-5-8-17(22)14-11-19-21(2)12-14/h3-4,6-7,10-12,17H,5,8-9H2,1-2H3. The summed E-state index contributed by atoms with van der Waals surface area (Å²) in [7, 11) is 1.98. The van der Waals surface area contributed by atoms with E-state index in [1.165, 1.54) is 29.5 Å². The molecule has 0 saturated carbocycles. The summed E-state index contributed by atoms with van der Waals surface area (Å²) < 4.78 is 1.89. The maximum atomic E-state index is 4.67. The van der Waals surface area contributed by atoms with E-state index >= 15 is 0 Å². The fourth-order valence-electron chi connectivity index (χ4n) is 3.54. The number of rotatable bonds is 2. The van der Waals surface area contributed by atoms with E-state index in [2.05, 4.69) is 58.4 Å². The number of benzene rings is 1. The smallest absolute Gasteiger partial charge is 0.0726 e. The maximum Gasteiger partial charge on any atom is 0.0726 e. The van der Waals surface area contributed by atoms with E-state index < -0.39 is 0 Å². The van der Waals surface area contributed by atoms with Crippen LogP contribution in [0.15, 0.2) is 42.7 Å². The van der Waals surface area contributed by atoms with Crippen LogP contribution in [0.5, 0.6) is 0 Å². The predicted octanol–water partition coefficient (Wildman–Crippen LogP) is 3.62. The van der Waals surface area contributed by atoms with Gasteiger partial charge < -0.3 is 4.90 Å². The molecule has 112 valence electrons. The minimum absolute atomic E-state index is 0.416. The van der Waals surface area contributed by atoms with Crippen LogP contribution in [-0.4, -0.2) is 21.3 Å². The molecule has 4 rings (SSSR count). The van der Waals surface area contributed by atoms with E-state index in [0.717, 1.165) is 17.8 Å². The molecule has 1 fully saturated rings. The summed E-state index contributed by atoms with van der Waals surface area (Å²) in [5.41, 5.74) is 4.76. The number of hydrogen-bond donors (Lipinski definition) is 0. The third kappa shape index (κ3) is 2.15. The van der Waals surface area contributed by atoms with Crippen molar-refractivity contribution in [2.45, 2.75) is 25.8 Å². The number of aromatic nitrogens is 3. The summed E-state index contributed by atoms with van der Waals surface area (Å²) in [5.74, 6) is 0. The van der Waals surface area contributed by atoms with Crippen LogP contribution in [0.3, 0.4) is 0 Å². The van der Waals surface area contributed by atoms with Gasteiger partial charge in [0, 0.05) is 42.1 Å². The first kappa shape index (κ1) is 13.3. The number of para-hydroxylation sites is 1. The minimum atomic E-state index is 0.416. The van der Waals surface area contributed by atoms with Crippen LogP contribution in [-0.2, 0) is 7.05 Å². The van der Waals surface area contributed by atoms with Crippen LogP contribution in [0.25, 0.3) is 10.9 Å². The zero-order chi connectivity index (χ0) is 15.1. The van der Waals surface area contributed by atoms with Crippen molar-refractivity contribution in [1.29, 1.82) is 0 Å². The summed E-state index contributed by atoms with van der Waals surface area (Å²) in [5, 5.41) is 5.59. The summed E-state index contributed by atoms with van der Waals surface area (Å²) in [6.07, 6.45) is 6.54.